The molecule has 2 heterocycles. The molecule has 1 unspecified atom stereocenters. The fourth-order valence-electron chi connectivity index (χ4n) is 4.20. The number of thioether (sulfide) groups is 1. The van der Waals surface area contributed by atoms with Crippen LogP contribution in [0.25, 0.3) is 0 Å². The lowest BCUT2D eigenvalue weighted by Crippen LogP contribution is -2.31. The standard InChI is InChI=1S/C28H22ClF3N4O3S/c1-15-20(29)8-4-9-21(15)36-23(37)14-40-27-19(13-33)25(22-10-5-11-39-22)24(16(2)34-27)26(38)35-18-7-3-6-17(12-18)28(30,31)32/h3-12,19,25H,14H2,1-2H3,(H,35,38)(H,36,37)/t19?,25-/m1/s1. The molecule has 2 N–H and O–H groups in total. The van der Waals surface area contributed by atoms with Crippen LogP contribution in [0.15, 0.2) is 81.5 Å². The van der Waals surface area contributed by atoms with Gasteiger partial charge in [-0.25, -0.2) is 4.99 Å². The molecule has 2 amide bonds. The van der Waals surface area contributed by atoms with Gasteiger partial charge < -0.3 is 15.1 Å². The topological polar surface area (TPSA) is 107 Å². The number of amides is 2. The maximum Gasteiger partial charge on any atom is 0.416 e. The molecule has 0 bridgehead atoms. The molecular formula is C28H22ClF3N4O3S. The van der Waals surface area contributed by atoms with E-state index in [0.717, 1.165) is 23.9 Å². The Morgan fingerprint density at radius 1 is 1.12 bits per heavy atom. The minimum atomic E-state index is -4.59. The number of halogens is 4. The largest absolute Gasteiger partial charge is 0.469 e. The van der Waals surface area contributed by atoms with Crippen LogP contribution in [0.4, 0.5) is 24.5 Å². The number of anilines is 2. The summed E-state index contributed by atoms with van der Waals surface area (Å²) in [5, 5.41) is 16.2. The van der Waals surface area contributed by atoms with Crippen molar-refractivity contribution < 1.29 is 27.2 Å². The highest BCUT2D eigenvalue weighted by Crippen LogP contribution is 2.42. The first-order valence-electron chi connectivity index (χ1n) is 11.9. The van der Waals surface area contributed by atoms with Crippen LogP contribution < -0.4 is 10.6 Å². The van der Waals surface area contributed by atoms with E-state index in [1.165, 1.54) is 18.4 Å². The highest BCUT2D eigenvalue weighted by molar-refractivity contribution is 8.14. The summed E-state index contributed by atoms with van der Waals surface area (Å²) in [5.74, 6) is -2.76. The lowest BCUT2D eigenvalue weighted by atomic mass is 9.81. The molecule has 2 aromatic carbocycles. The zero-order chi connectivity index (χ0) is 29.0. The first-order valence-corrected chi connectivity index (χ1v) is 13.2. The van der Waals surface area contributed by atoms with Crippen molar-refractivity contribution in [2.75, 3.05) is 16.4 Å². The number of nitrogens with one attached hydrogen (secondary N) is 2. The molecule has 206 valence electrons. The molecule has 1 aromatic heterocycles. The van der Waals surface area contributed by atoms with E-state index in [-0.39, 0.29) is 28.6 Å². The summed E-state index contributed by atoms with van der Waals surface area (Å²) in [7, 11) is 0. The number of rotatable bonds is 6. The monoisotopic (exact) mass is 586 g/mol. The van der Waals surface area contributed by atoms with E-state index in [4.69, 9.17) is 16.0 Å². The van der Waals surface area contributed by atoms with E-state index in [9.17, 15) is 28.0 Å². The van der Waals surface area contributed by atoms with Crippen LogP contribution in [0.5, 0.6) is 0 Å². The first-order chi connectivity index (χ1) is 19.0. The predicted molar refractivity (Wildman–Crippen MR) is 148 cm³/mol. The Balaban J connectivity index is 1.61. The highest BCUT2D eigenvalue weighted by Gasteiger charge is 2.41. The van der Waals surface area contributed by atoms with Crippen molar-refractivity contribution in [3.05, 3.63) is 94.0 Å². The molecule has 7 nitrogen and oxygen atoms in total. The fourth-order valence-corrected chi connectivity index (χ4v) is 5.30. The number of carbonyl (C=O) groups excluding carboxylic acids is 2. The molecule has 3 aromatic rings. The van der Waals surface area contributed by atoms with Gasteiger partial charge in [-0.2, -0.15) is 18.4 Å². The molecule has 4 rings (SSSR count). The van der Waals surface area contributed by atoms with Crippen molar-refractivity contribution in [1.82, 2.24) is 0 Å². The van der Waals surface area contributed by atoms with Crippen LogP contribution in [0, 0.1) is 24.2 Å². The van der Waals surface area contributed by atoms with Gasteiger partial charge in [0.25, 0.3) is 5.91 Å². The molecule has 40 heavy (non-hydrogen) atoms. The lowest BCUT2D eigenvalue weighted by Gasteiger charge is -2.28. The van der Waals surface area contributed by atoms with E-state index in [2.05, 4.69) is 21.7 Å². The Kier molecular flexibility index (Phi) is 8.71. The summed E-state index contributed by atoms with van der Waals surface area (Å²) >= 11 is 7.17. The van der Waals surface area contributed by atoms with Gasteiger partial charge in [0, 0.05) is 22.1 Å². The molecule has 1 aliphatic rings. The second kappa shape index (κ2) is 12.0. The van der Waals surface area contributed by atoms with Crippen molar-refractivity contribution in [3.8, 4) is 6.07 Å². The Morgan fingerprint density at radius 3 is 2.55 bits per heavy atom. The first kappa shape index (κ1) is 29.0. The normalized spacial score (nSPS) is 17.2. The third kappa shape index (κ3) is 6.41. The molecule has 0 radical (unpaired) electrons. The number of aliphatic imine (C=N–C) groups is 1. The number of alkyl halides is 3. The van der Waals surface area contributed by atoms with Gasteiger partial charge in [0.05, 0.1) is 40.2 Å². The third-order valence-corrected chi connectivity index (χ3v) is 7.61. The average Bonchev–Trinajstić information content (AvgIpc) is 3.44. The Labute approximate surface area is 237 Å². The molecule has 1 aliphatic heterocycles. The number of nitriles is 1. The predicted octanol–water partition coefficient (Wildman–Crippen LogP) is 7.18. The maximum absolute atomic E-state index is 13.4. The minimum absolute atomic E-state index is 0.0658. The van der Waals surface area contributed by atoms with Gasteiger partial charge in [-0.1, -0.05) is 35.5 Å². The Hall–Kier alpha value is -4.01. The van der Waals surface area contributed by atoms with E-state index >= 15 is 0 Å². The Morgan fingerprint density at radius 2 is 1.88 bits per heavy atom. The molecule has 0 aliphatic carbocycles. The summed E-state index contributed by atoms with van der Waals surface area (Å²) in [6.45, 7) is 3.33. The van der Waals surface area contributed by atoms with Gasteiger partial charge in [0.2, 0.25) is 5.91 Å². The number of benzene rings is 2. The second-order valence-electron chi connectivity index (χ2n) is 8.83. The van der Waals surface area contributed by atoms with Crippen molar-refractivity contribution in [3.63, 3.8) is 0 Å². The Bertz CT molecular complexity index is 1540. The van der Waals surface area contributed by atoms with Crippen molar-refractivity contribution in [2.45, 2.75) is 25.9 Å². The van der Waals surface area contributed by atoms with Crippen LogP contribution in [0.2, 0.25) is 5.02 Å². The SMILES string of the molecule is CC1=C(C(=O)Nc2cccc(C(F)(F)F)c2)[C@@H](c2ccco2)C(C#N)C(SCC(=O)Nc2cccc(Cl)c2C)=N1. The molecule has 0 saturated carbocycles. The summed E-state index contributed by atoms with van der Waals surface area (Å²) in [6.07, 6.45) is -3.20. The smallest absolute Gasteiger partial charge is 0.416 e. The lowest BCUT2D eigenvalue weighted by molar-refractivity contribution is -0.137. The zero-order valence-electron chi connectivity index (χ0n) is 21.2. The summed E-state index contributed by atoms with van der Waals surface area (Å²) in [4.78, 5) is 30.5. The fraction of sp³-hybridized carbons (Fsp3) is 0.214. The van der Waals surface area contributed by atoms with E-state index < -0.39 is 29.5 Å². The van der Waals surface area contributed by atoms with Gasteiger partial charge in [-0.15, -0.1) is 0 Å². The minimum Gasteiger partial charge on any atom is -0.469 e. The molecular weight excluding hydrogens is 565 g/mol. The second-order valence-corrected chi connectivity index (χ2v) is 10.2. The van der Waals surface area contributed by atoms with Crippen LogP contribution in [-0.4, -0.2) is 22.6 Å². The van der Waals surface area contributed by atoms with Crippen molar-refractivity contribution in [1.29, 1.82) is 5.26 Å². The van der Waals surface area contributed by atoms with E-state index in [1.54, 1.807) is 44.2 Å². The highest BCUT2D eigenvalue weighted by atomic mass is 35.5. The summed E-state index contributed by atoms with van der Waals surface area (Å²) in [5.41, 5.74) is 0.594. The number of furan rings is 1. The van der Waals surface area contributed by atoms with Crippen LogP contribution in [-0.2, 0) is 15.8 Å². The third-order valence-electron chi connectivity index (χ3n) is 6.15. The van der Waals surface area contributed by atoms with Gasteiger partial charge in [-0.05, 0) is 61.9 Å². The van der Waals surface area contributed by atoms with Gasteiger partial charge >= 0.3 is 6.18 Å². The van der Waals surface area contributed by atoms with Crippen LogP contribution >= 0.6 is 23.4 Å². The number of hydrogen-bond acceptors (Lipinski definition) is 6. The van der Waals surface area contributed by atoms with Crippen molar-refractivity contribution in [2.24, 2.45) is 10.9 Å². The molecule has 0 saturated heterocycles. The van der Waals surface area contributed by atoms with Gasteiger partial charge in [0.1, 0.15) is 11.7 Å². The molecule has 2 atom stereocenters. The van der Waals surface area contributed by atoms with Crippen LogP contribution in [0.3, 0.4) is 0 Å². The number of hydrogen-bond donors (Lipinski definition) is 2. The van der Waals surface area contributed by atoms with Gasteiger partial charge in [-0.3, -0.25) is 9.59 Å². The number of allylic oxidation sites excluding steroid dienone is 1. The van der Waals surface area contributed by atoms with Crippen LogP contribution in [0.1, 0.15) is 29.7 Å². The molecule has 0 fully saturated rings. The van der Waals surface area contributed by atoms with Crippen molar-refractivity contribution >= 4 is 51.6 Å². The quantitative estimate of drug-likeness (QED) is 0.318. The zero-order valence-corrected chi connectivity index (χ0v) is 22.7. The summed E-state index contributed by atoms with van der Waals surface area (Å²) < 4.78 is 45.1. The van der Waals surface area contributed by atoms with E-state index in [0.29, 0.717) is 27.1 Å². The molecule has 12 heteroatoms. The summed E-state index contributed by atoms with van der Waals surface area (Å²) in [6, 6.07) is 14.7. The van der Waals surface area contributed by atoms with Gasteiger partial charge in [0.15, 0.2) is 0 Å². The number of carbonyl (C=O) groups is 2. The maximum atomic E-state index is 13.4. The molecule has 0 spiro atoms. The number of nitrogens with zero attached hydrogens (tertiary/aromatic N) is 2. The van der Waals surface area contributed by atoms with E-state index in [1.807, 2.05) is 0 Å². The average molecular weight is 587 g/mol.